The highest BCUT2D eigenvalue weighted by Gasteiger charge is 2.08. The minimum absolute atomic E-state index is 0.212. The summed E-state index contributed by atoms with van der Waals surface area (Å²) in [5.74, 6) is 0. The minimum atomic E-state index is -0.212. The van der Waals surface area contributed by atoms with E-state index in [4.69, 9.17) is 5.26 Å². The number of unbranched alkanes of at least 4 members (excludes halogenated alkanes) is 1. The van der Waals surface area contributed by atoms with Crippen LogP contribution in [0.25, 0.3) is 11.0 Å². The molecule has 0 fully saturated rings. The molecule has 0 aliphatic heterocycles. The van der Waals surface area contributed by atoms with Crippen molar-refractivity contribution in [2.45, 2.75) is 19.4 Å². The molecule has 0 aliphatic carbocycles. The highest BCUT2D eigenvalue weighted by molar-refractivity contribution is 5.72. The second-order valence-electron chi connectivity index (χ2n) is 3.38. The molecule has 0 amide bonds. The lowest BCUT2D eigenvalue weighted by Crippen LogP contribution is -2.24. The SMILES string of the molecule is Cn1ncc2c(=O)n(CCCC#N)nnc21. The van der Waals surface area contributed by atoms with Crippen molar-refractivity contribution >= 4 is 11.0 Å². The Bertz CT molecular complexity index is 604. The molecule has 0 spiro atoms. The molecule has 2 aromatic rings. The molecule has 0 aliphatic rings. The third-order valence-corrected chi connectivity index (χ3v) is 2.28. The van der Waals surface area contributed by atoms with E-state index in [2.05, 4.69) is 15.4 Å². The predicted molar refractivity (Wildman–Crippen MR) is 55.4 cm³/mol. The number of nitriles is 1. The number of nitrogens with zero attached hydrogens (tertiary/aromatic N) is 6. The van der Waals surface area contributed by atoms with E-state index >= 15 is 0 Å². The van der Waals surface area contributed by atoms with Gasteiger partial charge in [0.1, 0.15) is 5.39 Å². The third-order valence-electron chi connectivity index (χ3n) is 2.28. The zero-order valence-electron chi connectivity index (χ0n) is 8.79. The Balaban J connectivity index is 2.38. The molecule has 0 saturated carbocycles. The molecular weight excluding hydrogens is 208 g/mol. The Hall–Kier alpha value is -2.23. The summed E-state index contributed by atoms with van der Waals surface area (Å²) in [5.41, 5.74) is 0.262. The van der Waals surface area contributed by atoms with Crippen LogP contribution in [-0.4, -0.2) is 24.8 Å². The van der Waals surface area contributed by atoms with E-state index in [9.17, 15) is 4.79 Å². The predicted octanol–water partition coefficient (Wildman–Crippen LogP) is -0.171. The average Bonchev–Trinajstić information content (AvgIpc) is 2.65. The summed E-state index contributed by atoms with van der Waals surface area (Å²) in [6, 6.07) is 2.02. The van der Waals surface area contributed by atoms with E-state index in [-0.39, 0.29) is 5.56 Å². The fraction of sp³-hybridized carbons (Fsp3) is 0.444. The number of aryl methyl sites for hydroxylation is 2. The molecule has 2 heterocycles. The van der Waals surface area contributed by atoms with Crippen molar-refractivity contribution in [2.75, 3.05) is 0 Å². The van der Waals surface area contributed by atoms with Gasteiger partial charge in [-0.25, -0.2) is 9.36 Å². The highest BCUT2D eigenvalue weighted by Crippen LogP contribution is 2.01. The topological polar surface area (TPSA) is 89.4 Å². The van der Waals surface area contributed by atoms with Crippen molar-refractivity contribution in [3.05, 3.63) is 16.6 Å². The maximum absolute atomic E-state index is 11.9. The first-order valence-corrected chi connectivity index (χ1v) is 4.86. The van der Waals surface area contributed by atoms with E-state index in [1.54, 1.807) is 7.05 Å². The number of fused-ring (bicyclic) bond motifs is 1. The maximum Gasteiger partial charge on any atom is 0.280 e. The molecule has 7 nitrogen and oxygen atoms in total. The molecule has 7 heteroatoms. The van der Waals surface area contributed by atoms with Gasteiger partial charge in [0.05, 0.1) is 12.3 Å². The number of hydrogen-bond acceptors (Lipinski definition) is 5. The second kappa shape index (κ2) is 4.10. The molecule has 0 bridgehead atoms. The molecule has 2 rings (SSSR count). The first kappa shape index (κ1) is 10.3. The molecule has 82 valence electrons. The zero-order valence-corrected chi connectivity index (χ0v) is 8.79. The van der Waals surface area contributed by atoms with Crippen molar-refractivity contribution < 1.29 is 0 Å². The van der Waals surface area contributed by atoms with Gasteiger partial charge in [-0.05, 0) is 6.42 Å². The second-order valence-corrected chi connectivity index (χ2v) is 3.38. The maximum atomic E-state index is 11.9. The third kappa shape index (κ3) is 1.65. The zero-order chi connectivity index (χ0) is 11.5. The first-order valence-electron chi connectivity index (χ1n) is 4.86. The van der Waals surface area contributed by atoms with E-state index in [1.807, 2.05) is 6.07 Å². The van der Waals surface area contributed by atoms with Crippen molar-refractivity contribution in [1.29, 1.82) is 5.26 Å². The summed E-state index contributed by atoms with van der Waals surface area (Å²) in [4.78, 5) is 11.9. The Morgan fingerprint density at radius 1 is 1.56 bits per heavy atom. The fourth-order valence-corrected chi connectivity index (χ4v) is 1.43. The van der Waals surface area contributed by atoms with E-state index in [0.29, 0.717) is 30.4 Å². The van der Waals surface area contributed by atoms with Gasteiger partial charge in [0.15, 0.2) is 5.65 Å². The Morgan fingerprint density at radius 3 is 3.12 bits per heavy atom. The molecule has 0 atom stereocenters. The van der Waals surface area contributed by atoms with Crippen LogP contribution in [0.2, 0.25) is 0 Å². The fourth-order valence-electron chi connectivity index (χ4n) is 1.43. The molecular formula is C9H10N6O. The molecule has 0 unspecified atom stereocenters. The summed E-state index contributed by atoms with van der Waals surface area (Å²) in [7, 11) is 1.70. The smallest absolute Gasteiger partial charge is 0.267 e. The molecule has 16 heavy (non-hydrogen) atoms. The average molecular weight is 218 g/mol. The van der Waals surface area contributed by atoms with E-state index in [1.165, 1.54) is 15.6 Å². The number of hydrogen-bond donors (Lipinski definition) is 0. The van der Waals surface area contributed by atoms with Crippen molar-refractivity contribution in [3.8, 4) is 6.07 Å². The van der Waals surface area contributed by atoms with Gasteiger partial charge in [0.2, 0.25) is 0 Å². The van der Waals surface area contributed by atoms with E-state index in [0.717, 1.165) is 0 Å². The summed E-state index contributed by atoms with van der Waals surface area (Å²) in [6.07, 6.45) is 2.48. The van der Waals surface area contributed by atoms with Crippen LogP contribution in [0, 0.1) is 11.3 Å². The number of rotatable bonds is 3. The summed E-state index contributed by atoms with van der Waals surface area (Å²) in [6.45, 7) is 0.407. The van der Waals surface area contributed by atoms with Crippen molar-refractivity contribution in [3.63, 3.8) is 0 Å². The standard InChI is InChI=1S/C9H10N6O/c1-14-8-7(6-11-14)9(16)15(13-12-8)5-3-2-4-10/h6H,2-3,5H2,1H3. The summed E-state index contributed by atoms with van der Waals surface area (Å²) >= 11 is 0. The van der Waals surface area contributed by atoms with Crippen LogP contribution in [0.3, 0.4) is 0 Å². The lowest BCUT2D eigenvalue weighted by atomic mass is 10.3. The monoisotopic (exact) mass is 218 g/mol. The first-order chi connectivity index (χ1) is 7.74. The van der Waals surface area contributed by atoms with Gasteiger partial charge in [-0.3, -0.25) is 4.79 Å². The van der Waals surface area contributed by atoms with Crippen molar-refractivity contribution in [2.24, 2.45) is 7.05 Å². The Morgan fingerprint density at radius 2 is 2.38 bits per heavy atom. The van der Waals surface area contributed by atoms with Gasteiger partial charge in [-0.15, -0.1) is 5.10 Å². The van der Waals surface area contributed by atoms with Crippen LogP contribution in [0.4, 0.5) is 0 Å². The van der Waals surface area contributed by atoms with Gasteiger partial charge in [-0.1, -0.05) is 5.21 Å². The molecule has 0 aromatic carbocycles. The van der Waals surface area contributed by atoms with Crippen LogP contribution >= 0.6 is 0 Å². The van der Waals surface area contributed by atoms with E-state index < -0.39 is 0 Å². The quantitative estimate of drug-likeness (QED) is 0.667. The van der Waals surface area contributed by atoms with Crippen LogP contribution < -0.4 is 5.56 Å². The molecule has 0 saturated heterocycles. The van der Waals surface area contributed by atoms with Gasteiger partial charge >= 0.3 is 0 Å². The van der Waals surface area contributed by atoms with Crippen LogP contribution in [-0.2, 0) is 13.6 Å². The minimum Gasteiger partial charge on any atom is -0.267 e. The van der Waals surface area contributed by atoms with Gasteiger partial charge in [-0.2, -0.15) is 10.4 Å². The Labute approximate surface area is 90.9 Å². The lowest BCUT2D eigenvalue weighted by molar-refractivity contribution is 0.527. The highest BCUT2D eigenvalue weighted by atomic mass is 16.1. The van der Waals surface area contributed by atoms with Gasteiger partial charge in [0, 0.05) is 20.0 Å². The van der Waals surface area contributed by atoms with Gasteiger partial charge in [0.25, 0.3) is 5.56 Å². The largest absolute Gasteiger partial charge is 0.280 e. The van der Waals surface area contributed by atoms with Crippen molar-refractivity contribution in [1.82, 2.24) is 24.8 Å². The van der Waals surface area contributed by atoms with Gasteiger partial charge < -0.3 is 0 Å². The molecule has 0 N–H and O–H groups in total. The lowest BCUT2D eigenvalue weighted by Gasteiger charge is -2.00. The summed E-state index contributed by atoms with van der Waals surface area (Å²) in [5, 5.41) is 20.5. The molecule has 0 radical (unpaired) electrons. The Kier molecular flexibility index (Phi) is 2.64. The normalized spacial score (nSPS) is 10.5. The van der Waals surface area contributed by atoms with Crippen LogP contribution in [0.15, 0.2) is 11.0 Å². The van der Waals surface area contributed by atoms with Crippen LogP contribution in [0.5, 0.6) is 0 Å². The summed E-state index contributed by atoms with van der Waals surface area (Å²) < 4.78 is 2.77. The number of aromatic nitrogens is 5. The van der Waals surface area contributed by atoms with Crippen LogP contribution in [0.1, 0.15) is 12.8 Å². The molecule has 2 aromatic heterocycles.